The largest absolute Gasteiger partial charge is 0.544 e. The molecule has 0 fully saturated rings. The summed E-state index contributed by atoms with van der Waals surface area (Å²) in [5.74, 6) is -0.606. The smallest absolute Gasteiger partial charge is 0.213 e. The molecule has 1 heterocycles. The summed E-state index contributed by atoms with van der Waals surface area (Å²) >= 11 is 12.8. The van der Waals surface area contributed by atoms with Crippen molar-refractivity contribution in [3.8, 4) is 0 Å². The van der Waals surface area contributed by atoms with E-state index in [9.17, 15) is 9.90 Å². The van der Waals surface area contributed by atoms with E-state index in [0.29, 0.717) is 26.6 Å². The number of aliphatic carboxylic acids is 1. The number of benzene rings is 1. The molecular formula is C14H12Cl2N3O2S-. The van der Waals surface area contributed by atoms with Crippen LogP contribution in [-0.4, -0.2) is 21.2 Å². The molecule has 0 saturated heterocycles. The summed E-state index contributed by atoms with van der Waals surface area (Å²) in [4.78, 5) is 15.5. The number of carboxylic acids is 1. The lowest BCUT2D eigenvalue weighted by atomic mass is 10.2. The van der Waals surface area contributed by atoms with Crippen molar-refractivity contribution in [1.82, 2.24) is 15.2 Å². The Hall–Kier alpha value is -1.50. The van der Waals surface area contributed by atoms with E-state index in [1.807, 2.05) is 6.92 Å². The number of aryl methyl sites for hydroxylation is 1. The van der Waals surface area contributed by atoms with Crippen molar-refractivity contribution in [2.45, 2.75) is 24.9 Å². The average molecular weight is 357 g/mol. The maximum absolute atomic E-state index is 11.3. The summed E-state index contributed by atoms with van der Waals surface area (Å²) in [6.07, 6.45) is 3.08. The van der Waals surface area contributed by atoms with Crippen molar-refractivity contribution in [2.75, 3.05) is 0 Å². The van der Waals surface area contributed by atoms with Crippen molar-refractivity contribution in [3.63, 3.8) is 0 Å². The highest BCUT2D eigenvalue weighted by molar-refractivity contribution is 8.04. The summed E-state index contributed by atoms with van der Waals surface area (Å²) < 4.78 is 0. The van der Waals surface area contributed by atoms with E-state index in [1.54, 1.807) is 18.2 Å². The number of carboxylic acid groups (broad SMARTS) is 1. The van der Waals surface area contributed by atoms with Gasteiger partial charge in [0.1, 0.15) is 5.82 Å². The third-order valence-electron chi connectivity index (χ3n) is 2.65. The number of hydrogen-bond donors (Lipinski definition) is 1. The Morgan fingerprint density at radius 3 is 2.86 bits per heavy atom. The van der Waals surface area contributed by atoms with E-state index in [-0.39, 0.29) is 4.91 Å². The molecule has 0 spiro atoms. The van der Waals surface area contributed by atoms with Gasteiger partial charge in [0.2, 0.25) is 5.16 Å². The lowest BCUT2D eigenvalue weighted by Crippen LogP contribution is -2.23. The number of carbonyl (C=O) groups excluding carboxylic acids is 1. The molecule has 5 nitrogen and oxygen atoms in total. The summed E-state index contributed by atoms with van der Waals surface area (Å²) in [7, 11) is 0. The summed E-state index contributed by atoms with van der Waals surface area (Å²) in [6, 6.07) is 4.80. The molecule has 0 aliphatic heterocycles. The van der Waals surface area contributed by atoms with Gasteiger partial charge in [-0.2, -0.15) is 0 Å². The molecule has 116 valence electrons. The van der Waals surface area contributed by atoms with Gasteiger partial charge in [0.15, 0.2) is 0 Å². The molecule has 2 aromatic rings. The maximum atomic E-state index is 11.3. The van der Waals surface area contributed by atoms with Crippen molar-refractivity contribution in [1.29, 1.82) is 0 Å². The van der Waals surface area contributed by atoms with Crippen LogP contribution in [0.3, 0.4) is 0 Å². The predicted octanol–water partition coefficient (Wildman–Crippen LogP) is 2.95. The summed E-state index contributed by atoms with van der Waals surface area (Å²) in [6.45, 7) is 2.02. The van der Waals surface area contributed by atoms with Gasteiger partial charge in [-0.05, 0) is 42.0 Å². The van der Waals surface area contributed by atoms with Crippen molar-refractivity contribution < 1.29 is 9.90 Å². The van der Waals surface area contributed by atoms with Crippen LogP contribution in [0.1, 0.15) is 24.7 Å². The number of thioether (sulfide) groups is 1. The van der Waals surface area contributed by atoms with E-state index in [1.165, 1.54) is 6.08 Å². The Labute approximate surface area is 141 Å². The first-order valence-corrected chi connectivity index (χ1v) is 8.04. The molecule has 0 amide bonds. The van der Waals surface area contributed by atoms with Crippen molar-refractivity contribution >= 4 is 47.0 Å². The van der Waals surface area contributed by atoms with E-state index < -0.39 is 5.97 Å². The predicted molar refractivity (Wildman–Crippen MR) is 85.7 cm³/mol. The molecule has 0 atom stereocenters. The fourth-order valence-electron chi connectivity index (χ4n) is 1.66. The van der Waals surface area contributed by atoms with Crippen molar-refractivity contribution in [3.05, 3.63) is 44.5 Å². The van der Waals surface area contributed by atoms with Gasteiger partial charge < -0.3 is 9.90 Å². The zero-order valence-electron chi connectivity index (χ0n) is 11.6. The average Bonchev–Trinajstić information content (AvgIpc) is 2.88. The number of H-pyrrole nitrogens is 1. The molecule has 1 aromatic carbocycles. The molecule has 0 aliphatic carbocycles. The van der Waals surface area contributed by atoms with Crippen LogP contribution in [0.2, 0.25) is 10.0 Å². The van der Waals surface area contributed by atoms with Crippen LogP contribution in [0.4, 0.5) is 0 Å². The summed E-state index contributed by atoms with van der Waals surface area (Å²) in [5, 5.41) is 19.2. The van der Waals surface area contributed by atoms with Crippen LogP contribution >= 0.6 is 35.0 Å². The number of rotatable bonds is 6. The maximum Gasteiger partial charge on any atom is 0.213 e. The number of aromatic nitrogens is 3. The molecule has 1 aromatic heterocycles. The van der Waals surface area contributed by atoms with E-state index in [0.717, 1.165) is 24.6 Å². The van der Waals surface area contributed by atoms with Gasteiger partial charge in [-0.1, -0.05) is 36.2 Å². The second-order valence-corrected chi connectivity index (χ2v) is 6.23. The molecule has 8 heteroatoms. The van der Waals surface area contributed by atoms with Crippen LogP contribution in [-0.2, 0) is 11.2 Å². The molecule has 0 aliphatic rings. The lowest BCUT2D eigenvalue weighted by Gasteiger charge is -2.07. The first-order chi connectivity index (χ1) is 10.5. The second-order valence-electron chi connectivity index (χ2n) is 4.38. The first kappa shape index (κ1) is 16.9. The first-order valence-electron chi connectivity index (χ1n) is 6.46. The van der Waals surface area contributed by atoms with Crippen LogP contribution < -0.4 is 5.11 Å². The van der Waals surface area contributed by atoms with Gasteiger partial charge in [-0.15, -0.1) is 5.10 Å². The fourth-order valence-corrected chi connectivity index (χ4v) is 2.84. The molecule has 0 saturated carbocycles. The third kappa shape index (κ3) is 4.50. The monoisotopic (exact) mass is 356 g/mol. The second kappa shape index (κ2) is 7.67. The molecule has 0 radical (unpaired) electrons. The van der Waals surface area contributed by atoms with Gasteiger partial charge in [-0.25, -0.2) is 4.98 Å². The highest BCUT2D eigenvalue weighted by Crippen LogP contribution is 2.28. The quantitative estimate of drug-likeness (QED) is 0.635. The zero-order chi connectivity index (χ0) is 16.1. The molecule has 0 unspecified atom stereocenters. The third-order valence-corrected chi connectivity index (χ3v) is 4.08. The minimum atomic E-state index is -1.32. The zero-order valence-corrected chi connectivity index (χ0v) is 13.9. The van der Waals surface area contributed by atoms with E-state index in [2.05, 4.69) is 15.2 Å². The number of carbonyl (C=O) groups is 1. The van der Waals surface area contributed by atoms with Gasteiger partial charge >= 0.3 is 0 Å². The minimum absolute atomic E-state index is 0.0359. The standard InChI is InChI=1S/C14H13Cl2N3O2S/c1-2-3-12-17-14(19-18-12)22-11(13(20)21)6-8-4-5-9(15)7-10(8)16/h4-7H,2-3H2,1H3,(H,20,21)(H,17,18,19)/p-1/b11-6-. The lowest BCUT2D eigenvalue weighted by molar-refractivity contribution is -0.297. The molecular weight excluding hydrogens is 345 g/mol. The Balaban J connectivity index is 2.25. The van der Waals surface area contributed by atoms with Crippen LogP contribution in [0.25, 0.3) is 6.08 Å². The van der Waals surface area contributed by atoms with Crippen LogP contribution in [0.5, 0.6) is 0 Å². The van der Waals surface area contributed by atoms with Crippen LogP contribution in [0, 0.1) is 0 Å². The van der Waals surface area contributed by atoms with Gasteiger partial charge in [0.25, 0.3) is 0 Å². The van der Waals surface area contributed by atoms with Gasteiger partial charge in [-0.3, -0.25) is 5.10 Å². The topological polar surface area (TPSA) is 81.7 Å². The molecule has 22 heavy (non-hydrogen) atoms. The minimum Gasteiger partial charge on any atom is -0.544 e. The number of aromatic amines is 1. The number of hydrogen-bond acceptors (Lipinski definition) is 5. The van der Waals surface area contributed by atoms with Gasteiger partial charge in [0, 0.05) is 21.4 Å². The SMILES string of the molecule is CCCc1nc(S/C(=C\c2ccc(Cl)cc2Cl)C(=O)[O-])n[nH]1. The highest BCUT2D eigenvalue weighted by Gasteiger charge is 2.09. The number of halogens is 2. The molecule has 0 bridgehead atoms. The number of nitrogens with one attached hydrogen (secondary N) is 1. The fraction of sp³-hybridized carbons (Fsp3) is 0.214. The molecule has 2 rings (SSSR count). The Bertz CT molecular complexity index is 716. The summed E-state index contributed by atoms with van der Waals surface area (Å²) in [5.41, 5.74) is 0.530. The van der Waals surface area contributed by atoms with E-state index >= 15 is 0 Å². The van der Waals surface area contributed by atoms with E-state index in [4.69, 9.17) is 23.2 Å². The Kier molecular flexibility index (Phi) is 5.88. The normalized spacial score (nSPS) is 11.7. The number of nitrogens with zero attached hydrogens (tertiary/aromatic N) is 2. The Morgan fingerprint density at radius 2 is 2.23 bits per heavy atom. The molecule has 1 N–H and O–H groups in total. The van der Waals surface area contributed by atoms with Crippen LogP contribution in [0.15, 0.2) is 28.3 Å². The highest BCUT2D eigenvalue weighted by atomic mass is 35.5. The van der Waals surface area contributed by atoms with Crippen molar-refractivity contribution in [2.24, 2.45) is 0 Å². The Morgan fingerprint density at radius 1 is 1.45 bits per heavy atom. The van der Waals surface area contributed by atoms with Gasteiger partial charge in [0.05, 0.1) is 5.97 Å².